The van der Waals surface area contributed by atoms with Gasteiger partial charge < -0.3 is 29.9 Å². The van der Waals surface area contributed by atoms with Crippen molar-refractivity contribution in [2.75, 3.05) is 6.61 Å². The molecular weight excluding hydrogens is 368 g/mol. The molecule has 1 aliphatic heterocycles. The molecule has 6 nitrogen and oxygen atoms in total. The number of hydrogen-bond donors (Lipinski definition) is 4. The summed E-state index contributed by atoms with van der Waals surface area (Å²) < 4.78 is 12.0. The molecule has 0 amide bonds. The first kappa shape index (κ1) is 16.6. The highest BCUT2D eigenvalue weighted by Crippen LogP contribution is 2.31. The molecule has 4 N–H and O–H groups in total. The van der Waals surface area contributed by atoms with Gasteiger partial charge in [-0.25, -0.2) is 0 Å². The monoisotopic (exact) mass is 384 g/mol. The van der Waals surface area contributed by atoms with E-state index in [1.807, 2.05) is 24.3 Å². The topological polar surface area (TPSA) is 99.4 Å². The third-order valence-electron chi connectivity index (χ3n) is 3.89. The van der Waals surface area contributed by atoms with Gasteiger partial charge in [-0.05, 0) is 29.7 Å². The van der Waals surface area contributed by atoms with Gasteiger partial charge in [0.1, 0.15) is 30.2 Å². The molecule has 7 heteroatoms. The van der Waals surface area contributed by atoms with Crippen LogP contribution in [-0.4, -0.2) is 57.7 Å². The maximum Gasteiger partial charge on any atom is 0.229 e. The van der Waals surface area contributed by atoms with Gasteiger partial charge in [-0.3, -0.25) is 0 Å². The first-order valence-corrected chi connectivity index (χ1v) is 7.96. The molecule has 0 unspecified atom stereocenters. The number of benzene rings is 2. The lowest BCUT2D eigenvalue weighted by Gasteiger charge is -2.39. The summed E-state index contributed by atoms with van der Waals surface area (Å²) >= 11 is 3.40. The van der Waals surface area contributed by atoms with Crippen LogP contribution in [0.25, 0.3) is 10.8 Å². The molecule has 2 aromatic carbocycles. The molecule has 1 fully saturated rings. The van der Waals surface area contributed by atoms with Crippen LogP contribution in [0.3, 0.4) is 0 Å². The van der Waals surface area contributed by atoms with Crippen molar-refractivity contribution in [1.82, 2.24) is 0 Å². The van der Waals surface area contributed by atoms with Crippen molar-refractivity contribution in [2.45, 2.75) is 30.7 Å². The molecule has 0 saturated carbocycles. The van der Waals surface area contributed by atoms with E-state index in [-0.39, 0.29) is 0 Å². The Morgan fingerprint density at radius 2 is 1.83 bits per heavy atom. The summed E-state index contributed by atoms with van der Waals surface area (Å²) in [6.45, 7) is -0.493. The summed E-state index contributed by atoms with van der Waals surface area (Å²) in [6, 6.07) is 11.1. The summed E-state index contributed by atoms with van der Waals surface area (Å²) in [6.07, 6.45) is -6.49. The van der Waals surface area contributed by atoms with Crippen molar-refractivity contribution in [3.8, 4) is 5.75 Å². The van der Waals surface area contributed by atoms with Crippen LogP contribution in [0.15, 0.2) is 40.9 Å². The highest BCUT2D eigenvalue weighted by Gasteiger charge is 2.44. The molecule has 0 radical (unpaired) electrons. The number of rotatable bonds is 3. The molecular formula is C16H17BrO6. The van der Waals surface area contributed by atoms with E-state index in [9.17, 15) is 20.4 Å². The Kier molecular flexibility index (Phi) is 4.86. The number of halogens is 1. The van der Waals surface area contributed by atoms with Crippen LogP contribution in [0.2, 0.25) is 0 Å². The van der Waals surface area contributed by atoms with Crippen LogP contribution in [0.4, 0.5) is 0 Å². The summed E-state index contributed by atoms with van der Waals surface area (Å²) in [5.41, 5.74) is 0. The lowest BCUT2D eigenvalue weighted by atomic mass is 9.99. The van der Waals surface area contributed by atoms with Crippen molar-refractivity contribution >= 4 is 26.7 Å². The van der Waals surface area contributed by atoms with Gasteiger partial charge in [0.2, 0.25) is 6.29 Å². The number of aliphatic hydroxyl groups excluding tert-OH is 4. The normalized spacial score (nSPS) is 31.3. The predicted octanol–water partition coefficient (Wildman–Crippen LogP) is 0.781. The Labute approximate surface area is 141 Å². The number of fused-ring (bicyclic) bond motifs is 1. The van der Waals surface area contributed by atoms with E-state index in [0.29, 0.717) is 5.75 Å². The molecule has 124 valence electrons. The third-order valence-corrected chi connectivity index (χ3v) is 4.39. The predicted molar refractivity (Wildman–Crippen MR) is 86.0 cm³/mol. The van der Waals surface area contributed by atoms with Gasteiger partial charge in [0, 0.05) is 9.86 Å². The maximum absolute atomic E-state index is 10.0. The van der Waals surface area contributed by atoms with E-state index in [2.05, 4.69) is 15.9 Å². The minimum atomic E-state index is -1.46. The molecule has 3 rings (SSSR count). The van der Waals surface area contributed by atoms with Gasteiger partial charge in [-0.1, -0.05) is 28.1 Å². The fraction of sp³-hybridized carbons (Fsp3) is 0.375. The quantitative estimate of drug-likeness (QED) is 0.624. The second kappa shape index (κ2) is 6.72. The van der Waals surface area contributed by atoms with E-state index >= 15 is 0 Å². The zero-order valence-corrected chi connectivity index (χ0v) is 13.6. The lowest BCUT2D eigenvalue weighted by molar-refractivity contribution is -0.277. The van der Waals surface area contributed by atoms with Gasteiger partial charge in [-0.15, -0.1) is 0 Å². The highest BCUT2D eigenvalue weighted by atomic mass is 79.9. The molecule has 2 aromatic rings. The average Bonchev–Trinajstić information content (AvgIpc) is 2.55. The Bertz CT molecular complexity index is 691. The van der Waals surface area contributed by atoms with Crippen LogP contribution >= 0.6 is 15.9 Å². The molecule has 0 spiro atoms. The second-order valence-electron chi connectivity index (χ2n) is 5.44. The minimum Gasteiger partial charge on any atom is -0.461 e. The van der Waals surface area contributed by atoms with E-state index in [0.717, 1.165) is 15.2 Å². The van der Waals surface area contributed by atoms with Crippen LogP contribution in [0, 0.1) is 0 Å². The molecule has 0 bridgehead atoms. The third kappa shape index (κ3) is 3.21. The first-order chi connectivity index (χ1) is 11.0. The van der Waals surface area contributed by atoms with Gasteiger partial charge in [0.05, 0.1) is 6.61 Å². The van der Waals surface area contributed by atoms with Gasteiger partial charge in [0.25, 0.3) is 0 Å². The fourth-order valence-electron chi connectivity index (χ4n) is 2.62. The minimum absolute atomic E-state index is 0.472. The summed E-state index contributed by atoms with van der Waals surface area (Å²) in [7, 11) is 0. The van der Waals surface area contributed by atoms with E-state index in [1.165, 1.54) is 0 Å². The summed E-state index contributed by atoms with van der Waals surface area (Å²) in [5.74, 6) is 0.472. The molecule has 5 atom stereocenters. The summed E-state index contributed by atoms with van der Waals surface area (Å²) in [5, 5.41) is 40.6. The zero-order chi connectivity index (χ0) is 16.6. The Hall–Kier alpha value is -1.22. The van der Waals surface area contributed by atoms with Crippen molar-refractivity contribution in [2.24, 2.45) is 0 Å². The molecule has 1 heterocycles. The fourth-order valence-corrected chi connectivity index (χ4v) is 3.00. The van der Waals surface area contributed by atoms with Gasteiger partial charge in [-0.2, -0.15) is 0 Å². The second-order valence-corrected chi connectivity index (χ2v) is 6.35. The van der Waals surface area contributed by atoms with Crippen LogP contribution in [-0.2, 0) is 4.74 Å². The van der Waals surface area contributed by atoms with Crippen LogP contribution in [0.1, 0.15) is 0 Å². The molecule has 23 heavy (non-hydrogen) atoms. The first-order valence-electron chi connectivity index (χ1n) is 7.16. The van der Waals surface area contributed by atoms with Crippen molar-refractivity contribution < 1.29 is 29.9 Å². The van der Waals surface area contributed by atoms with E-state index in [1.54, 1.807) is 12.1 Å². The Balaban J connectivity index is 1.89. The van der Waals surface area contributed by atoms with Crippen molar-refractivity contribution in [1.29, 1.82) is 0 Å². The van der Waals surface area contributed by atoms with Crippen LogP contribution in [0.5, 0.6) is 5.75 Å². The van der Waals surface area contributed by atoms with Crippen LogP contribution < -0.4 is 4.74 Å². The lowest BCUT2D eigenvalue weighted by Crippen LogP contribution is -2.60. The maximum atomic E-state index is 10.0. The van der Waals surface area contributed by atoms with E-state index in [4.69, 9.17) is 9.47 Å². The molecule has 1 aliphatic rings. The number of aliphatic hydroxyl groups is 4. The van der Waals surface area contributed by atoms with Gasteiger partial charge >= 0.3 is 0 Å². The number of ether oxygens (including phenoxy) is 2. The largest absolute Gasteiger partial charge is 0.461 e. The Morgan fingerprint density at radius 1 is 1.04 bits per heavy atom. The Morgan fingerprint density at radius 3 is 2.57 bits per heavy atom. The molecule has 1 saturated heterocycles. The van der Waals surface area contributed by atoms with Gasteiger partial charge in [0.15, 0.2) is 0 Å². The molecule has 0 aromatic heterocycles. The number of hydrogen-bond acceptors (Lipinski definition) is 6. The SMILES string of the molecule is OC[C@H]1O[C@H](Oc2cccc3cc(Br)ccc23)[C@@H](O)[C@@H](O)[C@@H]1O. The van der Waals surface area contributed by atoms with Crippen molar-refractivity contribution in [3.05, 3.63) is 40.9 Å². The zero-order valence-electron chi connectivity index (χ0n) is 12.0. The van der Waals surface area contributed by atoms with E-state index < -0.39 is 37.3 Å². The average molecular weight is 385 g/mol. The highest BCUT2D eigenvalue weighted by molar-refractivity contribution is 9.10. The molecule has 0 aliphatic carbocycles. The summed E-state index contributed by atoms with van der Waals surface area (Å²) in [4.78, 5) is 0. The smallest absolute Gasteiger partial charge is 0.229 e. The standard InChI is InChI=1S/C16H17BrO6/c17-9-4-5-10-8(6-9)2-1-3-11(10)22-16-15(21)14(20)13(19)12(7-18)23-16/h1-6,12-16,18-21H,7H2/t12-,13-,14+,15+,16+/m1/s1. The van der Waals surface area contributed by atoms with Crippen molar-refractivity contribution in [3.63, 3.8) is 0 Å².